The Labute approximate surface area is 146 Å². The Balaban J connectivity index is 1.83. The number of aromatic nitrogens is 2. The van der Waals surface area contributed by atoms with Crippen molar-refractivity contribution in [2.24, 2.45) is 0 Å². The number of aldehydes is 1. The summed E-state index contributed by atoms with van der Waals surface area (Å²) in [5.41, 5.74) is 1.90. The zero-order valence-electron chi connectivity index (χ0n) is 14.3. The van der Waals surface area contributed by atoms with E-state index in [-0.39, 0.29) is 30.8 Å². The van der Waals surface area contributed by atoms with Crippen molar-refractivity contribution in [1.29, 1.82) is 0 Å². The first-order chi connectivity index (χ1) is 12.1. The van der Waals surface area contributed by atoms with Gasteiger partial charge in [-0.3, -0.25) is 14.3 Å². The first-order valence-corrected chi connectivity index (χ1v) is 8.51. The SMILES string of the molecule is CC(=O)N1CCC(c2nn(CC(=O)NCC=O)c3ccccc23)CC1. The molecule has 25 heavy (non-hydrogen) atoms. The second-order valence-corrected chi connectivity index (χ2v) is 6.31. The van der Waals surface area contributed by atoms with Gasteiger partial charge < -0.3 is 15.0 Å². The van der Waals surface area contributed by atoms with Crippen LogP contribution in [0.3, 0.4) is 0 Å². The van der Waals surface area contributed by atoms with E-state index < -0.39 is 0 Å². The van der Waals surface area contributed by atoms with Gasteiger partial charge in [-0.15, -0.1) is 0 Å². The maximum absolute atomic E-state index is 11.9. The largest absolute Gasteiger partial charge is 0.348 e. The third-order valence-corrected chi connectivity index (χ3v) is 4.69. The highest BCUT2D eigenvalue weighted by molar-refractivity contribution is 5.85. The maximum Gasteiger partial charge on any atom is 0.242 e. The maximum atomic E-state index is 11.9. The molecule has 1 aromatic heterocycles. The number of benzene rings is 1. The first kappa shape index (κ1) is 17.1. The molecule has 3 rings (SSSR count). The van der Waals surface area contributed by atoms with E-state index in [2.05, 4.69) is 5.32 Å². The van der Waals surface area contributed by atoms with Gasteiger partial charge in [0.2, 0.25) is 11.8 Å². The lowest BCUT2D eigenvalue weighted by Crippen LogP contribution is -2.36. The fraction of sp³-hybridized carbons (Fsp3) is 0.444. The number of likely N-dealkylation sites (tertiary alicyclic amines) is 1. The van der Waals surface area contributed by atoms with Crippen molar-refractivity contribution in [3.63, 3.8) is 0 Å². The van der Waals surface area contributed by atoms with Gasteiger partial charge in [0.05, 0.1) is 17.8 Å². The number of rotatable bonds is 5. The minimum absolute atomic E-state index is 0.00833. The Morgan fingerprint density at radius 3 is 2.68 bits per heavy atom. The molecule has 2 aromatic rings. The lowest BCUT2D eigenvalue weighted by molar-refractivity contribution is -0.129. The van der Waals surface area contributed by atoms with E-state index in [1.165, 1.54) is 0 Å². The summed E-state index contributed by atoms with van der Waals surface area (Å²) in [6.07, 6.45) is 2.41. The van der Waals surface area contributed by atoms with Crippen molar-refractivity contribution < 1.29 is 14.4 Å². The predicted octanol–water partition coefficient (Wildman–Crippen LogP) is 1.08. The average molecular weight is 342 g/mol. The molecule has 7 nitrogen and oxygen atoms in total. The number of para-hydroxylation sites is 1. The summed E-state index contributed by atoms with van der Waals surface area (Å²) < 4.78 is 1.70. The summed E-state index contributed by atoms with van der Waals surface area (Å²) in [5, 5.41) is 8.28. The molecule has 1 aromatic carbocycles. The van der Waals surface area contributed by atoms with Crippen molar-refractivity contribution >= 4 is 29.0 Å². The van der Waals surface area contributed by atoms with E-state index in [9.17, 15) is 14.4 Å². The van der Waals surface area contributed by atoms with E-state index >= 15 is 0 Å². The molecule has 0 unspecified atom stereocenters. The topological polar surface area (TPSA) is 84.3 Å². The van der Waals surface area contributed by atoms with E-state index in [1.54, 1.807) is 11.6 Å². The van der Waals surface area contributed by atoms with Gasteiger partial charge in [0.25, 0.3) is 0 Å². The molecular formula is C18H22N4O3. The number of nitrogens with zero attached hydrogens (tertiary/aromatic N) is 3. The number of hydrogen-bond acceptors (Lipinski definition) is 4. The molecule has 0 atom stereocenters. The van der Waals surface area contributed by atoms with Crippen molar-refractivity contribution in [2.45, 2.75) is 32.2 Å². The number of nitrogens with one attached hydrogen (secondary N) is 1. The van der Waals surface area contributed by atoms with Gasteiger partial charge in [-0.05, 0) is 18.9 Å². The summed E-state index contributed by atoms with van der Waals surface area (Å²) in [6, 6.07) is 7.86. The lowest BCUT2D eigenvalue weighted by atomic mass is 9.91. The fourth-order valence-electron chi connectivity index (χ4n) is 3.39. The van der Waals surface area contributed by atoms with Gasteiger partial charge in [0, 0.05) is 31.3 Å². The molecule has 132 valence electrons. The quantitative estimate of drug-likeness (QED) is 0.824. The summed E-state index contributed by atoms with van der Waals surface area (Å²) in [5.74, 6) is 0.152. The number of carbonyl (C=O) groups is 3. The van der Waals surface area contributed by atoms with Crippen LogP contribution in [0.1, 0.15) is 31.4 Å². The standard InChI is InChI=1S/C18H22N4O3/c1-13(24)21-9-6-14(7-10-21)18-15-4-2-3-5-16(15)22(20-18)12-17(25)19-8-11-23/h2-5,11,14H,6-10,12H2,1H3,(H,19,25). The smallest absolute Gasteiger partial charge is 0.242 e. The van der Waals surface area contributed by atoms with Crippen LogP contribution < -0.4 is 5.32 Å². The van der Waals surface area contributed by atoms with Gasteiger partial charge >= 0.3 is 0 Å². The molecule has 0 saturated carbocycles. The monoisotopic (exact) mass is 342 g/mol. The number of hydrogen-bond donors (Lipinski definition) is 1. The molecule has 0 radical (unpaired) electrons. The number of piperidine rings is 1. The molecule has 7 heteroatoms. The molecule has 2 amide bonds. The summed E-state index contributed by atoms with van der Waals surface area (Å²) in [4.78, 5) is 35.7. The molecule has 1 aliphatic heterocycles. The lowest BCUT2D eigenvalue weighted by Gasteiger charge is -2.30. The molecule has 2 heterocycles. The third kappa shape index (κ3) is 3.70. The van der Waals surface area contributed by atoms with Crippen LogP contribution in [-0.2, 0) is 20.9 Å². The first-order valence-electron chi connectivity index (χ1n) is 8.51. The van der Waals surface area contributed by atoms with Gasteiger partial charge in [0.15, 0.2) is 0 Å². The number of fused-ring (bicyclic) bond motifs is 1. The van der Waals surface area contributed by atoms with Crippen LogP contribution >= 0.6 is 0 Å². The molecule has 1 aliphatic rings. The zero-order chi connectivity index (χ0) is 17.8. The Hall–Kier alpha value is -2.70. The fourth-order valence-corrected chi connectivity index (χ4v) is 3.39. The molecule has 0 spiro atoms. The van der Waals surface area contributed by atoms with Gasteiger partial charge in [-0.25, -0.2) is 0 Å². The normalized spacial score (nSPS) is 15.3. The van der Waals surface area contributed by atoms with Crippen LogP contribution in [0.15, 0.2) is 24.3 Å². The van der Waals surface area contributed by atoms with Crippen LogP contribution in [0.5, 0.6) is 0 Å². The summed E-state index contributed by atoms with van der Waals surface area (Å²) in [7, 11) is 0. The van der Waals surface area contributed by atoms with Gasteiger partial charge in [0.1, 0.15) is 12.8 Å². The molecule has 0 bridgehead atoms. The van der Waals surface area contributed by atoms with Gasteiger partial charge in [-0.1, -0.05) is 18.2 Å². The van der Waals surface area contributed by atoms with Crippen molar-refractivity contribution in [2.75, 3.05) is 19.6 Å². The molecule has 1 saturated heterocycles. The van der Waals surface area contributed by atoms with E-state index in [0.29, 0.717) is 6.29 Å². The molecule has 1 fully saturated rings. The van der Waals surface area contributed by atoms with Crippen molar-refractivity contribution in [3.05, 3.63) is 30.0 Å². The minimum atomic E-state index is -0.238. The zero-order valence-corrected chi connectivity index (χ0v) is 14.3. The van der Waals surface area contributed by atoms with E-state index in [4.69, 9.17) is 5.10 Å². The average Bonchev–Trinajstić information content (AvgIpc) is 2.99. The van der Waals surface area contributed by atoms with Crippen LogP contribution in [0.2, 0.25) is 0 Å². The van der Waals surface area contributed by atoms with Crippen LogP contribution in [-0.4, -0.2) is 52.4 Å². The Kier molecular flexibility index (Phi) is 5.11. The molecule has 0 aliphatic carbocycles. The van der Waals surface area contributed by atoms with Crippen LogP contribution in [0.25, 0.3) is 10.9 Å². The number of carbonyl (C=O) groups excluding carboxylic acids is 3. The van der Waals surface area contributed by atoms with E-state index in [1.807, 2.05) is 29.2 Å². The van der Waals surface area contributed by atoms with Crippen molar-refractivity contribution in [3.8, 4) is 0 Å². The molecule has 1 N–H and O–H groups in total. The Bertz CT molecular complexity index is 791. The van der Waals surface area contributed by atoms with Gasteiger partial charge in [-0.2, -0.15) is 5.10 Å². The second-order valence-electron chi connectivity index (χ2n) is 6.31. The summed E-state index contributed by atoms with van der Waals surface area (Å²) >= 11 is 0. The van der Waals surface area contributed by atoms with Crippen LogP contribution in [0.4, 0.5) is 0 Å². The number of amides is 2. The summed E-state index contributed by atoms with van der Waals surface area (Å²) in [6.45, 7) is 3.17. The highest BCUT2D eigenvalue weighted by Gasteiger charge is 2.26. The highest BCUT2D eigenvalue weighted by atomic mass is 16.2. The highest BCUT2D eigenvalue weighted by Crippen LogP contribution is 2.32. The van der Waals surface area contributed by atoms with E-state index in [0.717, 1.165) is 42.5 Å². The minimum Gasteiger partial charge on any atom is -0.348 e. The van der Waals surface area contributed by atoms with Crippen molar-refractivity contribution in [1.82, 2.24) is 20.0 Å². The third-order valence-electron chi connectivity index (χ3n) is 4.69. The predicted molar refractivity (Wildman–Crippen MR) is 93.0 cm³/mol. The Morgan fingerprint density at radius 1 is 1.28 bits per heavy atom. The Morgan fingerprint density at radius 2 is 2.00 bits per heavy atom. The second kappa shape index (κ2) is 7.46. The van der Waals surface area contributed by atoms with Crippen LogP contribution in [0, 0.1) is 0 Å². The molecular weight excluding hydrogens is 320 g/mol.